The van der Waals surface area contributed by atoms with Gasteiger partial charge in [-0.25, -0.2) is 9.78 Å². The van der Waals surface area contributed by atoms with Crippen LogP contribution in [0.3, 0.4) is 0 Å². The molecule has 1 fully saturated rings. The fourth-order valence-corrected chi connectivity index (χ4v) is 1.55. The molecule has 1 aromatic rings. The molecule has 0 atom stereocenters. The van der Waals surface area contributed by atoms with E-state index in [2.05, 4.69) is 9.88 Å². The molecule has 0 unspecified atom stereocenters. The van der Waals surface area contributed by atoms with Gasteiger partial charge in [0.15, 0.2) is 0 Å². The van der Waals surface area contributed by atoms with Gasteiger partial charge < -0.3 is 14.7 Å². The number of carboxylic acid groups (broad SMARTS) is 1. The normalized spacial score (nSPS) is 16.4. The maximum Gasteiger partial charge on any atom is 0.354 e. The first-order valence-corrected chi connectivity index (χ1v) is 4.79. The number of aromatic nitrogens is 1. The van der Waals surface area contributed by atoms with E-state index in [0.717, 1.165) is 18.8 Å². The maximum atomic E-state index is 10.7. The molecule has 2 rings (SSSR count). The van der Waals surface area contributed by atoms with Crippen molar-refractivity contribution in [2.75, 3.05) is 31.2 Å². The van der Waals surface area contributed by atoms with E-state index in [0.29, 0.717) is 13.2 Å². The van der Waals surface area contributed by atoms with E-state index in [1.54, 1.807) is 6.07 Å². The number of morpholine rings is 1. The van der Waals surface area contributed by atoms with Gasteiger partial charge in [0, 0.05) is 25.0 Å². The molecular weight excluding hydrogens is 196 g/mol. The molecule has 0 aromatic carbocycles. The van der Waals surface area contributed by atoms with Crippen LogP contribution in [0.2, 0.25) is 0 Å². The summed E-state index contributed by atoms with van der Waals surface area (Å²) in [6.45, 7) is 2.96. The number of ether oxygens (including phenoxy) is 1. The van der Waals surface area contributed by atoms with E-state index in [1.165, 1.54) is 6.20 Å². The lowest BCUT2D eigenvalue weighted by molar-refractivity contribution is 0.0690. The standard InChI is InChI=1S/C10H12N2O3/c13-10(14)9-7-8(1-2-11-9)12-3-5-15-6-4-12/h1-2,7H,3-6H2,(H,13,14). The molecule has 0 saturated carbocycles. The number of pyridine rings is 1. The van der Waals surface area contributed by atoms with E-state index >= 15 is 0 Å². The van der Waals surface area contributed by atoms with Crippen LogP contribution in [0.25, 0.3) is 0 Å². The Hall–Kier alpha value is -1.62. The molecule has 0 amide bonds. The first-order chi connectivity index (χ1) is 7.27. The van der Waals surface area contributed by atoms with Crippen molar-refractivity contribution in [3.8, 4) is 0 Å². The molecule has 0 aliphatic carbocycles. The Kier molecular flexibility index (Phi) is 2.82. The van der Waals surface area contributed by atoms with Gasteiger partial charge in [-0.1, -0.05) is 0 Å². The summed E-state index contributed by atoms with van der Waals surface area (Å²) < 4.78 is 5.23. The van der Waals surface area contributed by atoms with Crippen LogP contribution in [0, 0.1) is 0 Å². The van der Waals surface area contributed by atoms with Crippen LogP contribution in [-0.2, 0) is 4.74 Å². The van der Waals surface area contributed by atoms with Crippen LogP contribution in [-0.4, -0.2) is 42.4 Å². The fourth-order valence-electron chi connectivity index (χ4n) is 1.55. The highest BCUT2D eigenvalue weighted by molar-refractivity contribution is 5.86. The van der Waals surface area contributed by atoms with Gasteiger partial charge in [-0.2, -0.15) is 0 Å². The average molecular weight is 208 g/mol. The Bertz CT molecular complexity index is 361. The van der Waals surface area contributed by atoms with Crippen molar-refractivity contribution in [1.29, 1.82) is 0 Å². The minimum Gasteiger partial charge on any atom is -0.477 e. The third kappa shape index (κ3) is 2.24. The summed E-state index contributed by atoms with van der Waals surface area (Å²) in [4.78, 5) is 16.6. The molecule has 1 saturated heterocycles. The number of hydrogen-bond acceptors (Lipinski definition) is 4. The van der Waals surface area contributed by atoms with Gasteiger partial charge in [-0.3, -0.25) is 0 Å². The molecule has 80 valence electrons. The van der Waals surface area contributed by atoms with E-state index in [4.69, 9.17) is 9.84 Å². The number of anilines is 1. The molecular formula is C10H12N2O3. The number of carboxylic acids is 1. The second-order valence-electron chi connectivity index (χ2n) is 3.30. The Morgan fingerprint density at radius 3 is 2.87 bits per heavy atom. The molecule has 1 aliphatic heterocycles. The van der Waals surface area contributed by atoms with Gasteiger partial charge in [0.2, 0.25) is 0 Å². The molecule has 1 aromatic heterocycles. The zero-order chi connectivity index (χ0) is 10.7. The molecule has 0 spiro atoms. The van der Waals surface area contributed by atoms with E-state index in [-0.39, 0.29) is 5.69 Å². The van der Waals surface area contributed by atoms with E-state index in [9.17, 15) is 4.79 Å². The molecule has 5 nitrogen and oxygen atoms in total. The number of hydrogen-bond donors (Lipinski definition) is 1. The smallest absolute Gasteiger partial charge is 0.354 e. The van der Waals surface area contributed by atoms with Crippen LogP contribution in [0.15, 0.2) is 18.3 Å². The van der Waals surface area contributed by atoms with Crippen LogP contribution < -0.4 is 4.90 Å². The van der Waals surface area contributed by atoms with E-state index in [1.807, 2.05) is 6.07 Å². The summed E-state index contributed by atoms with van der Waals surface area (Å²) in [6, 6.07) is 3.41. The molecule has 5 heteroatoms. The predicted octanol–water partition coefficient (Wildman–Crippen LogP) is 0.616. The van der Waals surface area contributed by atoms with Gasteiger partial charge in [0.1, 0.15) is 5.69 Å². The highest BCUT2D eigenvalue weighted by atomic mass is 16.5. The molecule has 1 N–H and O–H groups in total. The third-order valence-electron chi connectivity index (χ3n) is 2.34. The molecule has 1 aliphatic rings. The van der Waals surface area contributed by atoms with Crippen molar-refractivity contribution in [2.45, 2.75) is 0 Å². The molecule has 2 heterocycles. The monoisotopic (exact) mass is 208 g/mol. The summed E-state index contributed by atoms with van der Waals surface area (Å²) in [5.41, 5.74) is 0.977. The largest absolute Gasteiger partial charge is 0.477 e. The molecule has 15 heavy (non-hydrogen) atoms. The van der Waals surface area contributed by atoms with Crippen LogP contribution in [0.1, 0.15) is 10.5 Å². The summed E-state index contributed by atoms with van der Waals surface area (Å²) >= 11 is 0. The fraction of sp³-hybridized carbons (Fsp3) is 0.400. The average Bonchev–Trinajstić information content (AvgIpc) is 2.30. The lowest BCUT2D eigenvalue weighted by Crippen LogP contribution is -2.36. The Morgan fingerprint density at radius 1 is 1.47 bits per heavy atom. The maximum absolute atomic E-state index is 10.7. The van der Waals surface area contributed by atoms with Gasteiger partial charge in [-0.05, 0) is 12.1 Å². The minimum absolute atomic E-state index is 0.0824. The third-order valence-corrected chi connectivity index (χ3v) is 2.34. The van der Waals surface area contributed by atoms with Crippen molar-refractivity contribution in [2.24, 2.45) is 0 Å². The summed E-state index contributed by atoms with van der Waals surface area (Å²) in [7, 11) is 0. The quantitative estimate of drug-likeness (QED) is 0.771. The lowest BCUT2D eigenvalue weighted by Gasteiger charge is -2.28. The molecule has 0 radical (unpaired) electrons. The molecule has 0 bridgehead atoms. The zero-order valence-corrected chi connectivity index (χ0v) is 8.22. The van der Waals surface area contributed by atoms with Crippen LogP contribution >= 0.6 is 0 Å². The number of nitrogens with zero attached hydrogens (tertiary/aromatic N) is 2. The SMILES string of the molecule is O=C(O)c1cc(N2CCOCC2)ccn1. The van der Waals surface area contributed by atoms with Crippen molar-refractivity contribution >= 4 is 11.7 Å². The summed E-state index contributed by atoms with van der Waals surface area (Å²) in [5.74, 6) is -0.995. The van der Waals surface area contributed by atoms with Crippen LogP contribution in [0.5, 0.6) is 0 Å². The van der Waals surface area contributed by atoms with Gasteiger partial charge in [0.05, 0.1) is 13.2 Å². The first-order valence-electron chi connectivity index (χ1n) is 4.79. The zero-order valence-electron chi connectivity index (χ0n) is 8.22. The topological polar surface area (TPSA) is 62.7 Å². The Morgan fingerprint density at radius 2 is 2.20 bits per heavy atom. The van der Waals surface area contributed by atoms with Crippen molar-refractivity contribution < 1.29 is 14.6 Å². The first kappa shape index (κ1) is 9.92. The second-order valence-corrected chi connectivity index (χ2v) is 3.30. The number of rotatable bonds is 2. The van der Waals surface area contributed by atoms with Crippen molar-refractivity contribution in [1.82, 2.24) is 4.98 Å². The number of aromatic carboxylic acids is 1. The van der Waals surface area contributed by atoms with Crippen LogP contribution in [0.4, 0.5) is 5.69 Å². The van der Waals surface area contributed by atoms with Gasteiger partial charge in [-0.15, -0.1) is 0 Å². The van der Waals surface area contributed by atoms with Crippen molar-refractivity contribution in [3.63, 3.8) is 0 Å². The second kappa shape index (κ2) is 4.27. The summed E-state index contributed by atoms with van der Waals surface area (Å²) in [6.07, 6.45) is 1.52. The number of carbonyl (C=O) groups is 1. The highest BCUT2D eigenvalue weighted by Gasteiger charge is 2.13. The summed E-state index contributed by atoms with van der Waals surface area (Å²) in [5, 5.41) is 8.80. The van der Waals surface area contributed by atoms with E-state index < -0.39 is 5.97 Å². The Balaban J connectivity index is 2.19. The Labute approximate surface area is 87.3 Å². The minimum atomic E-state index is -0.995. The predicted molar refractivity (Wildman–Crippen MR) is 54.2 cm³/mol. The van der Waals surface area contributed by atoms with Crippen molar-refractivity contribution in [3.05, 3.63) is 24.0 Å². The highest BCUT2D eigenvalue weighted by Crippen LogP contribution is 2.15. The van der Waals surface area contributed by atoms with Gasteiger partial charge >= 0.3 is 5.97 Å². The van der Waals surface area contributed by atoms with Gasteiger partial charge in [0.25, 0.3) is 0 Å². The lowest BCUT2D eigenvalue weighted by atomic mass is 10.2.